The monoisotopic (exact) mass is 435 g/mol. The lowest BCUT2D eigenvalue weighted by molar-refractivity contribution is -0.134. The standard InChI is InChI=1S/C27H37N3O2/c1-6-24(20-10-8-7-9-11-20)27(32)30(17-19(2)3)18-22-16-23(14-15-25(22)29(4)5)28-26(31)21-12-13-21/h7-11,14-16,19,21,24H,6,12-13,17-18H2,1-5H3,(H,28,31)/t24-/m0/s1. The molecule has 0 bridgehead atoms. The molecular weight excluding hydrogens is 398 g/mol. The van der Waals surface area contributed by atoms with Crippen LogP contribution in [0.5, 0.6) is 0 Å². The van der Waals surface area contributed by atoms with Gasteiger partial charge in [-0.3, -0.25) is 9.59 Å². The zero-order valence-corrected chi connectivity index (χ0v) is 20.1. The maximum Gasteiger partial charge on any atom is 0.230 e. The Morgan fingerprint density at radius 1 is 1.06 bits per heavy atom. The molecule has 1 fully saturated rings. The molecule has 0 spiro atoms. The Labute approximate surface area is 192 Å². The first-order valence-corrected chi connectivity index (χ1v) is 11.7. The van der Waals surface area contributed by atoms with Crippen molar-refractivity contribution < 1.29 is 9.59 Å². The second kappa shape index (κ2) is 10.7. The highest BCUT2D eigenvalue weighted by molar-refractivity contribution is 5.94. The lowest BCUT2D eigenvalue weighted by Crippen LogP contribution is -2.37. The van der Waals surface area contributed by atoms with E-state index in [4.69, 9.17) is 0 Å². The van der Waals surface area contributed by atoms with Gasteiger partial charge >= 0.3 is 0 Å². The highest BCUT2D eigenvalue weighted by Gasteiger charge is 2.30. The first-order valence-electron chi connectivity index (χ1n) is 11.7. The first-order chi connectivity index (χ1) is 15.3. The third-order valence-corrected chi connectivity index (χ3v) is 5.94. The second-order valence-corrected chi connectivity index (χ2v) is 9.49. The summed E-state index contributed by atoms with van der Waals surface area (Å²) < 4.78 is 0. The van der Waals surface area contributed by atoms with Crippen molar-refractivity contribution in [1.29, 1.82) is 0 Å². The van der Waals surface area contributed by atoms with Crippen LogP contribution in [-0.2, 0) is 16.1 Å². The zero-order valence-electron chi connectivity index (χ0n) is 20.1. The summed E-state index contributed by atoms with van der Waals surface area (Å²) in [4.78, 5) is 30.0. The molecule has 2 aromatic carbocycles. The molecule has 172 valence electrons. The highest BCUT2D eigenvalue weighted by Crippen LogP contribution is 2.32. The molecule has 2 aromatic rings. The molecule has 32 heavy (non-hydrogen) atoms. The second-order valence-electron chi connectivity index (χ2n) is 9.49. The van der Waals surface area contributed by atoms with Gasteiger partial charge in [0.15, 0.2) is 0 Å². The molecule has 1 saturated carbocycles. The van der Waals surface area contributed by atoms with Gasteiger partial charge in [-0.05, 0) is 54.5 Å². The molecule has 1 atom stereocenters. The average molecular weight is 436 g/mol. The van der Waals surface area contributed by atoms with Crippen LogP contribution in [0.25, 0.3) is 0 Å². The van der Waals surface area contributed by atoms with Crippen molar-refractivity contribution in [3.05, 3.63) is 59.7 Å². The number of hydrogen-bond donors (Lipinski definition) is 1. The summed E-state index contributed by atoms with van der Waals surface area (Å²) in [7, 11) is 4.02. The fraction of sp³-hybridized carbons (Fsp3) is 0.481. The number of nitrogens with zero attached hydrogens (tertiary/aromatic N) is 2. The Kier molecular flexibility index (Phi) is 7.94. The predicted octanol–water partition coefficient (Wildman–Crippen LogP) is 5.28. The van der Waals surface area contributed by atoms with E-state index >= 15 is 0 Å². The van der Waals surface area contributed by atoms with E-state index in [0.717, 1.165) is 41.8 Å². The van der Waals surface area contributed by atoms with Gasteiger partial charge in [0.25, 0.3) is 0 Å². The Bertz CT molecular complexity index is 920. The van der Waals surface area contributed by atoms with Crippen LogP contribution in [0, 0.1) is 11.8 Å². The molecule has 1 aliphatic carbocycles. The van der Waals surface area contributed by atoms with Crippen LogP contribution in [0.2, 0.25) is 0 Å². The molecule has 0 radical (unpaired) electrons. The van der Waals surface area contributed by atoms with Crippen LogP contribution < -0.4 is 10.2 Å². The molecule has 5 nitrogen and oxygen atoms in total. The van der Waals surface area contributed by atoms with Crippen molar-refractivity contribution in [1.82, 2.24) is 4.90 Å². The van der Waals surface area contributed by atoms with Crippen LogP contribution in [0.4, 0.5) is 11.4 Å². The minimum atomic E-state index is -0.157. The minimum Gasteiger partial charge on any atom is -0.377 e. The van der Waals surface area contributed by atoms with Crippen LogP contribution in [0.15, 0.2) is 48.5 Å². The minimum absolute atomic E-state index is 0.0961. The molecule has 5 heteroatoms. The molecule has 0 aliphatic heterocycles. The van der Waals surface area contributed by atoms with E-state index < -0.39 is 0 Å². The zero-order chi connectivity index (χ0) is 23.3. The number of carbonyl (C=O) groups excluding carboxylic acids is 2. The normalized spacial score (nSPS) is 14.2. The fourth-order valence-corrected chi connectivity index (χ4v) is 4.15. The molecular formula is C27H37N3O2. The van der Waals surface area contributed by atoms with Crippen molar-refractivity contribution in [2.75, 3.05) is 30.9 Å². The largest absolute Gasteiger partial charge is 0.377 e. The van der Waals surface area contributed by atoms with Crippen LogP contribution in [0.1, 0.15) is 57.1 Å². The Morgan fingerprint density at radius 3 is 2.31 bits per heavy atom. The first kappa shape index (κ1) is 23.8. The van der Waals surface area contributed by atoms with E-state index in [2.05, 4.69) is 31.0 Å². The number of amides is 2. The van der Waals surface area contributed by atoms with Gasteiger partial charge in [0.05, 0.1) is 5.92 Å². The quantitative estimate of drug-likeness (QED) is 0.552. The summed E-state index contributed by atoms with van der Waals surface area (Å²) in [5.74, 6) is 0.605. The molecule has 0 unspecified atom stereocenters. The molecule has 2 amide bonds. The van der Waals surface area contributed by atoms with Gasteiger partial charge in [-0.2, -0.15) is 0 Å². The summed E-state index contributed by atoms with van der Waals surface area (Å²) in [6, 6.07) is 16.1. The van der Waals surface area contributed by atoms with Gasteiger partial charge in [-0.15, -0.1) is 0 Å². The van der Waals surface area contributed by atoms with Gasteiger partial charge in [0, 0.05) is 44.5 Å². The van der Waals surface area contributed by atoms with Gasteiger partial charge in [-0.25, -0.2) is 0 Å². The lowest BCUT2D eigenvalue weighted by Gasteiger charge is -2.30. The maximum absolute atomic E-state index is 13.7. The van der Waals surface area contributed by atoms with Gasteiger partial charge in [0.2, 0.25) is 11.8 Å². The smallest absolute Gasteiger partial charge is 0.230 e. The maximum atomic E-state index is 13.7. The number of hydrogen-bond acceptors (Lipinski definition) is 3. The van der Waals surface area contributed by atoms with Crippen molar-refractivity contribution in [2.45, 2.75) is 52.5 Å². The van der Waals surface area contributed by atoms with E-state index in [0.29, 0.717) is 19.0 Å². The summed E-state index contributed by atoms with van der Waals surface area (Å²) in [5.41, 5.74) is 3.96. The van der Waals surface area contributed by atoms with Gasteiger partial charge < -0.3 is 15.1 Å². The van der Waals surface area contributed by atoms with Crippen molar-refractivity contribution in [3.63, 3.8) is 0 Å². The van der Waals surface area contributed by atoms with Crippen LogP contribution >= 0.6 is 0 Å². The number of nitrogens with one attached hydrogen (secondary N) is 1. The van der Waals surface area contributed by atoms with Crippen molar-refractivity contribution in [3.8, 4) is 0 Å². The van der Waals surface area contributed by atoms with E-state index in [1.54, 1.807) is 0 Å². The summed E-state index contributed by atoms with van der Waals surface area (Å²) in [5, 5.41) is 3.05. The number of rotatable bonds is 10. The van der Waals surface area contributed by atoms with E-state index in [1.807, 2.05) is 67.5 Å². The Morgan fingerprint density at radius 2 is 1.75 bits per heavy atom. The SMILES string of the molecule is CC[C@H](C(=O)N(Cc1cc(NC(=O)C2CC2)ccc1N(C)C)CC(C)C)c1ccccc1. The van der Waals surface area contributed by atoms with E-state index in [-0.39, 0.29) is 23.7 Å². The third kappa shape index (κ3) is 6.12. The summed E-state index contributed by atoms with van der Waals surface area (Å²) >= 11 is 0. The fourth-order valence-electron chi connectivity index (χ4n) is 4.15. The molecule has 0 aromatic heterocycles. The number of benzene rings is 2. The summed E-state index contributed by atoms with van der Waals surface area (Å²) in [6.07, 6.45) is 2.71. The highest BCUT2D eigenvalue weighted by atomic mass is 16.2. The number of carbonyl (C=O) groups is 2. The van der Waals surface area contributed by atoms with Crippen LogP contribution in [0.3, 0.4) is 0 Å². The van der Waals surface area contributed by atoms with Gasteiger partial charge in [-0.1, -0.05) is 51.1 Å². The molecule has 1 aliphatic rings. The predicted molar refractivity (Wildman–Crippen MR) is 132 cm³/mol. The third-order valence-electron chi connectivity index (χ3n) is 5.94. The lowest BCUT2D eigenvalue weighted by atomic mass is 9.94. The Balaban J connectivity index is 1.89. The van der Waals surface area contributed by atoms with E-state index in [9.17, 15) is 9.59 Å². The molecule has 0 heterocycles. The topological polar surface area (TPSA) is 52.7 Å². The van der Waals surface area contributed by atoms with Crippen molar-refractivity contribution in [2.24, 2.45) is 11.8 Å². The molecule has 1 N–H and O–H groups in total. The summed E-state index contributed by atoms with van der Waals surface area (Å²) in [6.45, 7) is 7.56. The van der Waals surface area contributed by atoms with Crippen molar-refractivity contribution >= 4 is 23.2 Å². The van der Waals surface area contributed by atoms with Crippen LogP contribution in [-0.4, -0.2) is 37.4 Å². The number of anilines is 2. The van der Waals surface area contributed by atoms with E-state index in [1.165, 1.54) is 0 Å². The van der Waals surface area contributed by atoms with Gasteiger partial charge in [0.1, 0.15) is 0 Å². The Hall–Kier alpha value is -2.82. The molecule has 0 saturated heterocycles. The molecule has 3 rings (SSSR count). The average Bonchev–Trinajstić information content (AvgIpc) is 3.60.